The second-order valence-electron chi connectivity index (χ2n) is 6.87. The van der Waals surface area contributed by atoms with Crippen LogP contribution in [0, 0.1) is 0 Å². The highest BCUT2D eigenvalue weighted by Crippen LogP contribution is 2.43. The fourth-order valence-corrected chi connectivity index (χ4v) is 9.42. The lowest BCUT2D eigenvalue weighted by Crippen LogP contribution is -2.47. The first kappa shape index (κ1) is 20.2. The molecule has 1 rings (SSSR count). The van der Waals surface area contributed by atoms with Gasteiger partial charge in [0, 0.05) is 11.1 Å². The molecule has 0 N–H and O–H groups in total. The number of carbonyl (C=O) groups is 1. The number of methoxy groups -OCH3 is 1. The van der Waals surface area contributed by atoms with Crippen LogP contribution in [0.4, 0.5) is 0 Å². The maximum atomic E-state index is 11.4. The third-order valence-corrected chi connectivity index (χ3v) is 11.2. The van der Waals surface area contributed by atoms with E-state index in [9.17, 15) is 4.79 Å². The van der Waals surface area contributed by atoms with Gasteiger partial charge in [-0.25, -0.2) is 0 Å². The van der Waals surface area contributed by atoms with E-state index < -0.39 is 8.32 Å². The van der Waals surface area contributed by atoms with Gasteiger partial charge in [-0.2, -0.15) is 0 Å². The highest BCUT2D eigenvalue weighted by atomic mass is 35.5. The van der Waals surface area contributed by atoms with Crippen molar-refractivity contribution in [1.29, 1.82) is 0 Å². The Bertz CT molecular complexity index is 520. The van der Waals surface area contributed by atoms with Crippen molar-refractivity contribution in [3.63, 3.8) is 0 Å². The van der Waals surface area contributed by atoms with E-state index in [4.69, 9.17) is 20.8 Å². The minimum absolute atomic E-state index is 0.352. The zero-order valence-corrected chi connectivity index (χ0v) is 17.0. The monoisotopic (exact) mass is 356 g/mol. The van der Waals surface area contributed by atoms with E-state index in [1.165, 1.54) is 0 Å². The third-order valence-electron chi connectivity index (χ3n) is 4.76. The fraction of sp³-hybridized carbons (Fsp3) is 0.611. The molecule has 0 fully saturated rings. The average Bonchev–Trinajstić information content (AvgIpc) is 2.47. The Kier molecular flexibility index (Phi) is 7.30. The first-order valence-corrected chi connectivity index (χ1v) is 10.7. The van der Waals surface area contributed by atoms with Crippen molar-refractivity contribution in [2.24, 2.45) is 0 Å². The summed E-state index contributed by atoms with van der Waals surface area (Å²) in [6, 6.07) is 3.45. The normalized spacial score (nSPS) is 12.3. The van der Waals surface area contributed by atoms with Gasteiger partial charge < -0.3 is 9.16 Å². The molecule has 0 unspecified atom stereocenters. The van der Waals surface area contributed by atoms with Gasteiger partial charge in [-0.05, 0) is 28.8 Å². The van der Waals surface area contributed by atoms with E-state index >= 15 is 0 Å². The highest BCUT2D eigenvalue weighted by molar-refractivity contribution is 6.77. The molecule has 1 aromatic carbocycles. The number of hydrogen-bond donors (Lipinski definition) is 0. The summed E-state index contributed by atoms with van der Waals surface area (Å²) in [5, 5.41) is 0.469. The lowest BCUT2D eigenvalue weighted by molar-refractivity contribution is 0.112. The standard InChI is InChI=1S/C18H29ClO3Si/c1-12(2)23(13(3)4,14(5)6)22-11-16-15(10-20)8-9-17(21-7)18(16)19/h8-10,12-14H,11H2,1-7H3. The number of halogens is 1. The second-order valence-corrected chi connectivity index (χ2v) is 12.7. The SMILES string of the molecule is COc1ccc(C=O)c(CO[Si](C(C)C)(C(C)C)C(C)C)c1Cl. The molecule has 0 aliphatic heterocycles. The van der Waals surface area contributed by atoms with Crippen LogP contribution in [0.2, 0.25) is 21.6 Å². The van der Waals surface area contributed by atoms with Gasteiger partial charge >= 0.3 is 0 Å². The van der Waals surface area contributed by atoms with E-state index in [-0.39, 0.29) is 0 Å². The molecule has 0 atom stereocenters. The summed E-state index contributed by atoms with van der Waals surface area (Å²) in [6.07, 6.45) is 0.827. The van der Waals surface area contributed by atoms with Gasteiger partial charge in [0.25, 0.3) is 0 Å². The van der Waals surface area contributed by atoms with E-state index in [1.807, 2.05) is 0 Å². The molecule has 0 amide bonds. The molecule has 3 nitrogen and oxygen atoms in total. The van der Waals surface area contributed by atoms with Crippen LogP contribution in [0.25, 0.3) is 0 Å². The predicted octanol–water partition coefficient (Wildman–Crippen LogP) is 5.85. The molecule has 0 radical (unpaired) electrons. The highest BCUT2D eigenvalue weighted by Gasteiger charge is 2.45. The van der Waals surface area contributed by atoms with Crippen molar-refractivity contribution in [3.8, 4) is 5.75 Å². The van der Waals surface area contributed by atoms with E-state index in [2.05, 4.69) is 41.5 Å². The molecule has 0 bridgehead atoms. The molecular weight excluding hydrogens is 328 g/mol. The van der Waals surface area contributed by atoms with E-state index in [1.54, 1.807) is 19.2 Å². The van der Waals surface area contributed by atoms with Gasteiger partial charge in [0.15, 0.2) is 0 Å². The first-order valence-electron chi connectivity index (χ1n) is 8.16. The van der Waals surface area contributed by atoms with Gasteiger partial charge in [0.05, 0.1) is 18.7 Å². The maximum absolute atomic E-state index is 11.4. The summed E-state index contributed by atoms with van der Waals surface area (Å²) >= 11 is 6.41. The van der Waals surface area contributed by atoms with Crippen LogP contribution in [0.5, 0.6) is 5.75 Å². The minimum Gasteiger partial charge on any atom is -0.495 e. The fourth-order valence-electron chi connectivity index (χ4n) is 3.73. The van der Waals surface area contributed by atoms with Crippen LogP contribution in [0.3, 0.4) is 0 Å². The molecule has 0 aliphatic rings. The predicted molar refractivity (Wildman–Crippen MR) is 99.2 cm³/mol. The Morgan fingerprint density at radius 1 is 1.09 bits per heavy atom. The lowest BCUT2D eigenvalue weighted by atomic mass is 10.1. The summed E-state index contributed by atoms with van der Waals surface area (Å²) in [5.41, 5.74) is 2.72. The number of hydrogen-bond acceptors (Lipinski definition) is 3. The van der Waals surface area contributed by atoms with Gasteiger partial charge in [-0.3, -0.25) is 4.79 Å². The number of benzene rings is 1. The van der Waals surface area contributed by atoms with Crippen molar-refractivity contribution in [1.82, 2.24) is 0 Å². The molecule has 5 heteroatoms. The summed E-state index contributed by atoms with van der Waals surface area (Å²) in [7, 11) is -0.441. The van der Waals surface area contributed by atoms with E-state index in [0.717, 1.165) is 11.8 Å². The average molecular weight is 357 g/mol. The smallest absolute Gasteiger partial charge is 0.200 e. The van der Waals surface area contributed by atoms with Crippen molar-refractivity contribution in [2.75, 3.05) is 7.11 Å². The van der Waals surface area contributed by atoms with Crippen LogP contribution in [-0.4, -0.2) is 21.7 Å². The molecule has 0 aliphatic carbocycles. The van der Waals surface area contributed by atoms with Gasteiger partial charge in [0.2, 0.25) is 8.32 Å². The number of carbonyl (C=O) groups excluding carboxylic acids is 1. The van der Waals surface area contributed by atoms with Crippen LogP contribution in [0.15, 0.2) is 12.1 Å². The third kappa shape index (κ3) is 3.98. The summed E-state index contributed by atoms with van der Waals surface area (Å²) < 4.78 is 11.8. The van der Waals surface area contributed by atoms with Crippen LogP contribution >= 0.6 is 11.6 Å². The Labute approximate surface area is 146 Å². The molecule has 0 spiro atoms. The maximum Gasteiger partial charge on any atom is 0.200 e. The van der Waals surface area contributed by atoms with Crippen LogP contribution in [0.1, 0.15) is 57.5 Å². The number of rotatable bonds is 8. The van der Waals surface area contributed by atoms with E-state index in [0.29, 0.717) is 39.6 Å². The summed E-state index contributed by atoms with van der Waals surface area (Å²) in [4.78, 5) is 11.4. The van der Waals surface area contributed by atoms with Crippen molar-refractivity contribution < 1.29 is 14.0 Å². The lowest BCUT2D eigenvalue weighted by Gasteiger charge is -2.42. The Balaban J connectivity index is 3.23. The molecule has 0 saturated carbocycles. The Morgan fingerprint density at radius 2 is 1.61 bits per heavy atom. The molecule has 1 aromatic rings. The molecular formula is C18H29ClO3Si. The van der Waals surface area contributed by atoms with Crippen molar-refractivity contribution in [3.05, 3.63) is 28.3 Å². The summed E-state index contributed by atoms with van der Waals surface area (Å²) in [5.74, 6) is 0.571. The van der Waals surface area contributed by atoms with Crippen LogP contribution < -0.4 is 4.74 Å². The first-order chi connectivity index (χ1) is 10.7. The van der Waals surface area contributed by atoms with Gasteiger partial charge in [-0.15, -0.1) is 0 Å². The molecule has 0 saturated heterocycles. The number of ether oxygens (including phenoxy) is 1. The topological polar surface area (TPSA) is 35.5 Å². The Hall–Kier alpha value is -0.843. The molecule has 130 valence electrons. The molecule has 23 heavy (non-hydrogen) atoms. The van der Waals surface area contributed by atoms with Gasteiger partial charge in [-0.1, -0.05) is 53.1 Å². The second kappa shape index (κ2) is 8.31. The quantitative estimate of drug-likeness (QED) is 0.432. The Morgan fingerprint density at radius 3 is 2.00 bits per heavy atom. The van der Waals surface area contributed by atoms with Crippen LogP contribution in [-0.2, 0) is 11.0 Å². The number of aldehydes is 1. The minimum atomic E-state index is -2.01. The van der Waals surface area contributed by atoms with Crippen molar-refractivity contribution in [2.45, 2.75) is 64.8 Å². The molecule has 0 aromatic heterocycles. The summed E-state index contributed by atoms with van der Waals surface area (Å²) in [6.45, 7) is 13.8. The molecule has 0 heterocycles. The van der Waals surface area contributed by atoms with Crippen molar-refractivity contribution >= 4 is 26.2 Å². The zero-order valence-electron chi connectivity index (χ0n) is 15.3. The largest absolute Gasteiger partial charge is 0.495 e. The van der Waals surface area contributed by atoms with Gasteiger partial charge in [0.1, 0.15) is 12.0 Å². The zero-order chi connectivity index (χ0) is 17.8.